The van der Waals surface area contributed by atoms with Crippen LogP contribution in [0.15, 0.2) is 0 Å². The molecule has 96 valence electrons. The lowest BCUT2D eigenvalue weighted by molar-refractivity contribution is 0.127. The third kappa shape index (κ3) is 4.42. The Labute approximate surface area is 102 Å². The van der Waals surface area contributed by atoms with Crippen molar-refractivity contribution in [2.75, 3.05) is 13.6 Å². The molecule has 16 heavy (non-hydrogen) atoms. The van der Waals surface area contributed by atoms with Gasteiger partial charge in [-0.2, -0.15) is 0 Å². The van der Waals surface area contributed by atoms with Crippen LogP contribution >= 0.6 is 0 Å². The van der Waals surface area contributed by atoms with Gasteiger partial charge in [0, 0.05) is 18.1 Å². The van der Waals surface area contributed by atoms with E-state index in [0.717, 1.165) is 12.0 Å². The molecule has 0 spiro atoms. The first-order chi connectivity index (χ1) is 7.50. The predicted molar refractivity (Wildman–Crippen MR) is 71.8 cm³/mol. The van der Waals surface area contributed by atoms with Gasteiger partial charge in [-0.3, -0.25) is 0 Å². The van der Waals surface area contributed by atoms with Gasteiger partial charge in [-0.25, -0.2) is 0 Å². The number of nitrogens with zero attached hydrogens (tertiary/aromatic N) is 1. The normalized spacial score (nSPS) is 27.0. The van der Waals surface area contributed by atoms with E-state index in [1.807, 2.05) is 0 Å². The fourth-order valence-corrected chi connectivity index (χ4v) is 2.64. The Morgan fingerprint density at radius 1 is 1.19 bits per heavy atom. The molecule has 0 aromatic carbocycles. The second-order valence-corrected chi connectivity index (χ2v) is 6.01. The summed E-state index contributed by atoms with van der Waals surface area (Å²) in [5.41, 5.74) is 0. The van der Waals surface area contributed by atoms with Crippen molar-refractivity contribution < 1.29 is 0 Å². The summed E-state index contributed by atoms with van der Waals surface area (Å²) >= 11 is 0. The topological polar surface area (TPSA) is 15.3 Å². The minimum absolute atomic E-state index is 0.628. The molecule has 2 atom stereocenters. The van der Waals surface area contributed by atoms with Gasteiger partial charge in [0.2, 0.25) is 0 Å². The Morgan fingerprint density at radius 2 is 1.88 bits per heavy atom. The largest absolute Gasteiger partial charge is 0.314 e. The Bertz CT molecular complexity index is 189. The summed E-state index contributed by atoms with van der Waals surface area (Å²) in [5.74, 6) is 0.891. The molecule has 0 amide bonds. The van der Waals surface area contributed by atoms with Gasteiger partial charge in [-0.1, -0.05) is 20.3 Å². The van der Waals surface area contributed by atoms with Crippen LogP contribution in [-0.4, -0.2) is 36.6 Å². The van der Waals surface area contributed by atoms with Gasteiger partial charge in [-0.15, -0.1) is 0 Å². The van der Waals surface area contributed by atoms with Crippen molar-refractivity contribution in [2.24, 2.45) is 5.92 Å². The first-order valence-corrected chi connectivity index (χ1v) is 6.96. The molecule has 1 saturated carbocycles. The first kappa shape index (κ1) is 14.0. The van der Waals surface area contributed by atoms with E-state index in [4.69, 9.17) is 0 Å². The summed E-state index contributed by atoms with van der Waals surface area (Å²) in [5, 5.41) is 3.59. The molecule has 1 N–H and O–H groups in total. The zero-order valence-electron chi connectivity index (χ0n) is 11.8. The molecule has 1 aliphatic rings. The van der Waals surface area contributed by atoms with Crippen molar-refractivity contribution in [3.63, 3.8) is 0 Å². The summed E-state index contributed by atoms with van der Waals surface area (Å²) < 4.78 is 0. The van der Waals surface area contributed by atoms with Crippen molar-refractivity contribution in [1.82, 2.24) is 10.2 Å². The molecule has 2 nitrogen and oxygen atoms in total. The predicted octanol–water partition coefficient (Wildman–Crippen LogP) is 2.88. The summed E-state index contributed by atoms with van der Waals surface area (Å²) in [6.45, 7) is 10.3. The molecular weight excluding hydrogens is 196 g/mol. The highest BCUT2D eigenvalue weighted by Gasteiger charge is 2.25. The molecule has 0 heterocycles. The molecule has 0 bridgehead atoms. The quantitative estimate of drug-likeness (QED) is 0.775. The molecule has 0 saturated heterocycles. The minimum atomic E-state index is 0.628. The Balaban J connectivity index is 2.35. The fourth-order valence-electron chi connectivity index (χ4n) is 2.64. The van der Waals surface area contributed by atoms with Crippen LogP contribution in [0.3, 0.4) is 0 Å². The summed E-state index contributed by atoms with van der Waals surface area (Å²) in [6, 6.07) is 2.12. The Morgan fingerprint density at radius 3 is 2.44 bits per heavy atom. The monoisotopic (exact) mass is 226 g/mol. The van der Waals surface area contributed by atoms with E-state index in [1.165, 1.54) is 32.2 Å². The van der Waals surface area contributed by atoms with Crippen LogP contribution in [-0.2, 0) is 0 Å². The van der Waals surface area contributed by atoms with E-state index in [-0.39, 0.29) is 0 Å². The zero-order chi connectivity index (χ0) is 12.1. The van der Waals surface area contributed by atoms with Crippen molar-refractivity contribution in [1.29, 1.82) is 0 Å². The summed E-state index contributed by atoms with van der Waals surface area (Å²) in [6.07, 6.45) is 5.61. The van der Waals surface area contributed by atoms with E-state index in [1.54, 1.807) is 0 Å². The molecule has 0 aliphatic heterocycles. The van der Waals surface area contributed by atoms with E-state index < -0.39 is 0 Å². The van der Waals surface area contributed by atoms with Gasteiger partial charge in [0.25, 0.3) is 0 Å². The van der Waals surface area contributed by atoms with Gasteiger partial charge in [0.1, 0.15) is 0 Å². The zero-order valence-corrected chi connectivity index (χ0v) is 11.8. The second-order valence-electron chi connectivity index (χ2n) is 6.01. The number of hydrogen-bond donors (Lipinski definition) is 1. The Kier molecular flexibility index (Phi) is 5.77. The van der Waals surface area contributed by atoms with Crippen LogP contribution in [0.25, 0.3) is 0 Å². The van der Waals surface area contributed by atoms with Crippen LogP contribution < -0.4 is 5.32 Å². The summed E-state index contributed by atoms with van der Waals surface area (Å²) in [4.78, 5) is 2.56. The molecule has 1 fully saturated rings. The smallest absolute Gasteiger partial charge is 0.00980 e. The summed E-state index contributed by atoms with van der Waals surface area (Å²) in [7, 11) is 2.29. The maximum atomic E-state index is 3.59. The molecule has 2 heteroatoms. The number of hydrogen-bond acceptors (Lipinski definition) is 2. The highest BCUT2D eigenvalue weighted by Crippen LogP contribution is 2.27. The SMILES string of the molecule is CC(C)NCC1CCCC(N(C)C(C)C)C1. The standard InChI is InChI=1S/C14H30N2/c1-11(2)15-10-13-7-6-8-14(9-13)16(5)12(3)4/h11-15H,6-10H2,1-5H3. The van der Waals surface area contributed by atoms with Gasteiger partial charge in [-0.05, 0) is 52.6 Å². The lowest BCUT2D eigenvalue weighted by atomic mass is 9.84. The number of nitrogens with one attached hydrogen (secondary N) is 1. The molecule has 1 aliphatic carbocycles. The van der Waals surface area contributed by atoms with Crippen LogP contribution in [0.1, 0.15) is 53.4 Å². The van der Waals surface area contributed by atoms with Gasteiger partial charge in [0.15, 0.2) is 0 Å². The third-order valence-corrected chi connectivity index (χ3v) is 3.96. The average molecular weight is 226 g/mol. The maximum absolute atomic E-state index is 3.59. The second kappa shape index (κ2) is 6.61. The van der Waals surface area contributed by atoms with Crippen LogP contribution in [0.4, 0.5) is 0 Å². The maximum Gasteiger partial charge on any atom is 0.00980 e. The minimum Gasteiger partial charge on any atom is -0.314 e. The van der Waals surface area contributed by atoms with Crippen LogP contribution in [0.2, 0.25) is 0 Å². The molecule has 0 radical (unpaired) electrons. The van der Waals surface area contributed by atoms with Crippen molar-refractivity contribution in [3.05, 3.63) is 0 Å². The molecule has 1 rings (SSSR count). The molecule has 0 aromatic heterocycles. The first-order valence-electron chi connectivity index (χ1n) is 6.96. The van der Waals surface area contributed by atoms with Crippen LogP contribution in [0.5, 0.6) is 0 Å². The lowest BCUT2D eigenvalue weighted by Crippen LogP contribution is -2.42. The molecular formula is C14H30N2. The van der Waals surface area contributed by atoms with Crippen LogP contribution in [0, 0.1) is 5.92 Å². The number of rotatable bonds is 5. The van der Waals surface area contributed by atoms with Crippen molar-refractivity contribution >= 4 is 0 Å². The highest BCUT2D eigenvalue weighted by atomic mass is 15.1. The fraction of sp³-hybridized carbons (Fsp3) is 1.00. The molecule has 0 aromatic rings. The van der Waals surface area contributed by atoms with E-state index in [0.29, 0.717) is 12.1 Å². The van der Waals surface area contributed by atoms with Crippen molar-refractivity contribution in [3.8, 4) is 0 Å². The third-order valence-electron chi connectivity index (χ3n) is 3.96. The van der Waals surface area contributed by atoms with Crippen molar-refractivity contribution in [2.45, 2.75) is 71.5 Å². The van der Waals surface area contributed by atoms with Gasteiger partial charge < -0.3 is 10.2 Å². The van der Waals surface area contributed by atoms with E-state index in [2.05, 4.69) is 45.0 Å². The lowest BCUT2D eigenvalue weighted by Gasteiger charge is -2.37. The van der Waals surface area contributed by atoms with E-state index in [9.17, 15) is 0 Å². The molecule has 2 unspecified atom stereocenters. The highest BCUT2D eigenvalue weighted by molar-refractivity contribution is 4.81. The van der Waals surface area contributed by atoms with E-state index >= 15 is 0 Å². The van der Waals surface area contributed by atoms with Gasteiger partial charge in [0.05, 0.1) is 0 Å². The Hall–Kier alpha value is -0.0800. The average Bonchev–Trinajstić information content (AvgIpc) is 2.25. The van der Waals surface area contributed by atoms with Gasteiger partial charge >= 0.3 is 0 Å².